The van der Waals surface area contributed by atoms with Crippen LogP contribution >= 0.6 is 0 Å². The Labute approximate surface area is 181 Å². The number of esters is 2. The second-order valence-corrected chi connectivity index (χ2v) is 12.5. The minimum absolute atomic E-state index is 0.152. The molecule has 0 N–H and O–H groups in total. The van der Waals surface area contributed by atoms with Crippen LogP contribution in [0.25, 0.3) is 0 Å². The average molecular weight is 453 g/mol. The van der Waals surface area contributed by atoms with Crippen molar-refractivity contribution in [2.24, 2.45) is 10.8 Å². The predicted molar refractivity (Wildman–Crippen MR) is 120 cm³/mol. The first-order valence-corrected chi connectivity index (χ1v) is 13.2. The molecule has 0 spiro atoms. The summed E-state index contributed by atoms with van der Waals surface area (Å²) in [5.74, 6) is 1.92. The third kappa shape index (κ3) is 15.7. The molecule has 0 aromatic rings. The number of carbonyl (C=O) groups excluding carboxylic acids is 2. The minimum atomic E-state index is -0.915. The molecule has 29 heavy (non-hydrogen) atoms. The molecule has 8 heteroatoms. The molecule has 0 fully saturated rings. The fourth-order valence-electron chi connectivity index (χ4n) is 3.11. The molecule has 0 amide bonds. The zero-order chi connectivity index (χ0) is 22.5. The molecule has 0 aliphatic rings. The monoisotopic (exact) mass is 452 g/mol. The van der Waals surface area contributed by atoms with Crippen LogP contribution in [0.5, 0.6) is 0 Å². The van der Waals surface area contributed by atoms with Crippen molar-refractivity contribution in [3.05, 3.63) is 0 Å². The van der Waals surface area contributed by atoms with Crippen molar-refractivity contribution in [2.75, 3.05) is 37.2 Å². The summed E-state index contributed by atoms with van der Waals surface area (Å²) in [5.41, 5.74) is -0.305. The number of hydrogen-bond donors (Lipinski definition) is 0. The molecule has 0 bridgehead atoms. The Hall–Kier alpha value is -0.760. The summed E-state index contributed by atoms with van der Waals surface area (Å²) < 4.78 is 33.7. The van der Waals surface area contributed by atoms with E-state index < -0.39 is 21.6 Å². The van der Waals surface area contributed by atoms with E-state index in [1.807, 2.05) is 27.7 Å². The highest BCUT2D eigenvalue weighted by Gasteiger charge is 2.23. The first-order chi connectivity index (χ1) is 13.4. The largest absolute Gasteiger partial charge is 0.469 e. The van der Waals surface area contributed by atoms with Gasteiger partial charge in [0, 0.05) is 44.6 Å². The molecule has 0 saturated heterocycles. The van der Waals surface area contributed by atoms with E-state index in [0.717, 1.165) is 25.7 Å². The van der Waals surface area contributed by atoms with Crippen molar-refractivity contribution in [3.63, 3.8) is 0 Å². The summed E-state index contributed by atoms with van der Waals surface area (Å²) in [5, 5.41) is 0. The molecule has 0 aromatic heterocycles. The van der Waals surface area contributed by atoms with E-state index >= 15 is 0 Å². The quantitative estimate of drug-likeness (QED) is 0.333. The molecule has 0 radical (unpaired) electrons. The van der Waals surface area contributed by atoms with Gasteiger partial charge in [0.15, 0.2) is 0 Å². The number of carbonyl (C=O) groups is 2. The van der Waals surface area contributed by atoms with E-state index in [0.29, 0.717) is 42.3 Å². The summed E-state index contributed by atoms with van der Waals surface area (Å²) in [6.45, 7) is 8.07. The second-order valence-electron chi connectivity index (χ2n) is 9.09. The molecule has 2 unspecified atom stereocenters. The molecule has 0 aliphatic carbocycles. The Morgan fingerprint density at radius 3 is 1.28 bits per heavy atom. The molecule has 0 heterocycles. The molecular weight excluding hydrogens is 412 g/mol. The lowest BCUT2D eigenvalue weighted by molar-refractivity contribution is -0.144. The zero-order valence-corrected chi connectivity index (χ0v) is 20.7. The molecule has 0 aromatic carbocycles. The summed E-state index contributed by atoms with van der Waals surface area (Å²) in [6.07, 6.45) is 4.67. The van der Waals surface area contributed by atoms with Gasteiger partial charge in [0.2, 0.25) is 0 Å². The highest BCUT2D eigenvalue weighted by Crippen LogP contribution is 2.28. The first-order valence-electron chi connectivity index (χ1n) is 10.2. The van der Waals surface area contributed by atoms with Gasteiger partial charge in [-0.05, 0) is 42.9 Å². The topological polar surface area (TPSA) is 86.7 Å². The van der Waals surface area contributed by atoms with Gasteiger partial charge >= 0.3 is 11.9 Å². The Morgan fingerprint density at radius 2 is 0.966 bits per heavy atom. The lowest BCUT2D eigenvalue weighted by Gasteiger charge is -2.22. The van der Waals surface area contributed by atoms with Gasteiger partial charge in [-0.2, -0.15) is 0 Å². The summed E-state index contributed by atoms with van der Waals surface area (Å²) in [7, 11) is 0.949. The predicted octanol–water partition coefficient (Wildman–Crippen LogP) is 3.61. The first kappa shape index (κ1) is 28.2. The number of hydrogen-bond acceptors (Lipinski definition) is 6. The molecular formula is C21H40O6S2. The Balaban J connectivity index is 3.92. The third-order valence-corrected chi connectivity index (χ3v) is 7.87. The highest BCUT2D eigenvalue weighted by molar-refractivity contribution is 7.85. The number of ether oxygens (including phenoxy) is 2. The van der Waals surface area contributed by atoms with Gasteiger partial charge in [-0.1, -0.05) is 27.7 Å². The van der Waals surface area contributed by atoms with Crippen molar-refractivity contribution in [3.8, 4) is 0 Å². The van der Waals surface area contributed by atoms with E-state index in [-0.39, 0.29) is 22.8 Å². The van der Waals surface area contributed by atoms with Crippen molar-refractivity contribution in [1.29, 1.82) is 0 Å². The third-order valence-electron chi connectivity index (χ3n) is 4.90. The van der Waals surface area contributed by atoms with Crippen molar-refractivity contribution >= 4 is 33.5 Å². The average Bonchev–Trinajstić information content (AvgIpc) is 2.60. The summed E-state index contributed by atoms with van der Waals surface area (Å²) in [6, 6.07) is 0. The van der Waals surface area contributed by atoms with Gasteiger partial charge in [0.05, 0.1) is 27.1 Å². The van der Waals surface area contributed by atoms with Crippen LogP contribution in [-0.2, 0) is 40.7 Å². The van der Waals surface area contributed by atoms with Gasteiger partial charge < -0.3 is 9.47 Å². The van der Waals surface area contributed by atoms with Crippen molar-refractivity contribution in [1.82, 2.24) is 0 Å². The van der Waals surface area contributed by atoms with Gasteiger partial charge in [-0.25, -0.2) is 0 Å². The van der Waals surface area contributed by atoms with E-state index in [1.54, 1.807) is 0 Å². The zero-order valence-electron chi connectivity index (χ0n) is 19.0. The van der Waals surface area contributed by atoms with Gasteiger partial charge in [-0.3, -0.25) is 18.0 Å². The van der Waals surface area contributed by atoms with Crippen LogP contribution in [0.4, 0.5) is 0 Å². The number of rotatable bonds is 16. The molecule has 0 rings (SSSR count). The van der Waals surface area contributed by atoms with E-state index in [2.05, 4.69) is 0 Å². The van der Waals surface area contributed by atoms with E-state index in [9.17, 15) is 18.0 Å². The molecule has 6 nitrogen and oxygen atoms in total. The lowest BCUT2D eigenvalue weighted by Crippen LogP contribution is -2.19. The van der Waals surface area contributed by atoms with E-state index in [4.69, 9.17) is 9.47 Å². The van der Waals surface area contributed by atoms with Crippen LogP contribution in [0, 0.1) is 10.8 Å². The van der Waals surface area contributed by atoms with Crippen LogP contribution in [0.3, 0.4) is 0 Å². The maximum atomic E-state index is 12.1. The Kier molecular flexibility index (Phi) is 13.9. The summed E-state index contributed by atoms with van der Waals surface area (Å²) in [4.78, 5) is 22.8. The molecule has 0 aliphatic heterocycles. The van der Waals surface area contributed by atoms with Crippen LogP contribution in [0.2, 0.25) is 0 Å². The molecule has 2 atom stereocenters. The maximum Gasteiger partial charge on any atom is 0.306 e. The minimum Gasteiger partial charge on any atom is -0.469 e. The fourth-order valence-corrected chi connectivity index (χ4v) is 5.57. The van der Waals surface area contributed by atoms with Crippen molar-refractivity contribution in [2.45, 2.75) is 72.6 Å². The normalized spacial score (nSPS) is 14.3. The van der Waals surface area contributed by atoms with Gasteiger partial charge in [0.25, 0.3) is 0 Å². The van der Waals surface area contributed by atoms with Crippen LogP contribution in [0.1, 0.15) is 72.6 Å². The summed E-state index contributed by atoms with van der Waals surface area (Å²) >= 11 is 0. The number of methoxy groups -OCH3 is 2. The van der Waals surface area contributed by atoms with Crippen LogP contribution in [0.15, 0.2) is 0 Å². The van der Waals surface area contributed by atoms with Crippen LogP contribution < -0.4 is 0 Å². The lowest BCUT2D eigenvalue weighted by atomic mass is 9.85. The van der Waals surface area contributed by atoms with E-state index in [1.165, 1.54) is 14.2 Å². The van der Waals surface area contributed by atoms with Crippen LogP contribution in [-0.4, -0.2) is 57.6 Å². The Bertz CT molecular complexity index is 509. The Morgan fingerprint density at radius 1 is 0.655 bits per heavy atom. The van der Waals surface area contributed by atoms with Crippen molar-refractivity contribution < 1.29 is 27.5 Å². The highest BCUT2D eigenvalue weighted by atomic mass is 32.2. The second kappa shape index (κ2) is 14.3. The smallest absolute Gasteiger partial charge is 0.306 e. The standard InChI is InChI=1S/C21H40O6S2/c1-20(2,16-18(22)26-5)10-7-12-28(24)14-9-15-29(25)13-8-11-21(3,4)17-19(23)27-6/h7-17H2,1-6H3. The SMILES string of the molecule is COC(=O)CC(C)(C)CCCS(=O)CCCS(=O)CCCC(C)(C)CC(=O)OC. The fraction of sp³-hybridized carbons (Fsp3) is 0.905. The van der Waals surface area contributed by atoms with Gasteiger partial charge in [0.1, 0.15) is 0 Å². The molecule has 172 valence electrons. The maximum absolute atomic E-state index is 12.1. The molecule has 0 saturated carbocycles. The van der Waals surface area contributed by atoms with Gasteiger partial charge in [-0.15, -0.1) is 0 Å².